The molecule has 0 saturated heterocycles. The van der Waals surface area contributed by atoms with E-state index < -0.39 is 4.92 Å². The van der Waals surface area contributed by atoms with Gasteiger partial charge in [0.1, 0.15) is 5.82 Å². The maximum Gasteiger partial charge on any atom is 0.329 e. The summed E-state index contributed by atoms with van der Waals surface area (Å²) in [6.45, 7) is 11.7. The predicted octanol–water partition coefficient (Wildman–Crippen LogP) is 5.61. The number of hydrogen-bond donors (Lipinski definition) is 1. The molecule has 0 amide bonds. The molecule has 0 aliphatic rings. The minimum atomic E-state index is -0.548. The van der Waals surface area contributed by atoms with Crippen LogP contribution in [0.5, 0.6) is 0 Å². The number of nitrogens with zero attached hydrogens (tertiary/aromatic N) is 3. The van der Waals surface area contributed by atoms with Crippen molar-refractivity contribution in [2.75, 3.05) is 5.73 Å². The number of anilines is 1. The van der Waals surface area contributed by atoms with Crippen LogP contribution in [0.4, 0.5) is 11.5 Å². The Morgan fingerprint density at radius 2 is 1.67 bits per heavy atom. The van der Waals surface area contributed by atoms with Crippen molar-refractivity contribution in [1.29, 1.82) is 0 Å². The van der Waals surface area contributed by atoms with Gasteiger partial charge in [-0.1, -0.05) is 41.5 Å². The molecule has 0 fully saturated rings. The van der Waals surface area contributed by atoms with Crippen molar-refractivity contribution >= 4 is 11.5 Å². The Morgan fingerprint density at radius 3 is 1.96 bits per heavy atom. The van der Waals surface area contributed by atoms with E-state index >= 15 is 0 Å². The first-order valence-corrected chi connectivity index (χ1v) is 8.44. The Kier molecular flexibility index (Phi) is 27.9. The van der Waals surface area contributed by atoms with Gasteiger partial charge in [-0.15, -0.1) is 6.42 Å². The van der Waals surface area contributed by atoms with Crippen molar-refractivity contribution in [2.24, 2.45) is 0 Å². The first-order valence-electron chi connectivity index (χ1n) is 8.44. The van der Waals surface area contributed by atoms with E-state index in [2.05, 4.69) is 29.9 Å². The van der Waals surface area contributed by atoms with Crippen molar-refractivity contribution in [1.82, 2.24) is 9.97 Å². The second kappa shape index (κ2) is 22.6. The third-order valence-electron chi connectivity index (χ3n) is 2.28. The van der Waals surface area contributed by atoms with E-state index in [0.717, 1.165) is 0 Å². The summed E-state index contributed by atoms with van der Waals surface area (Å²) in [4.78, 5) is 17.8. The minimum Gasteiger partial charge on any atom is -0.378 e. The van der Waals surface area contributed by atoms with Crippen molar-refractivity contribution in [3.63, 3.8) is 0 Å². The molecule has 27 heavy (non-hydrogen) atoms. The number of aryl methyl sites for hydroxylation is 1. The maximum atomic E-state index is 10.7. The van der Waals surface area contributed by atoms with E-state index in [9.17, 15) is 10.1 Å². The van der Waals surface area contributed by atoms with E-state index in [4.69, 9.17) is 5.73 Å². The van der Waals surface area contributed by atoms with Crippen LogP contribution in [-0.2, 0) is 39.1 Å². The Labute approximate surface area is 190 Å². The van der Waals surface area contributed by atoms with Crippen LogP contribution in [-0.4, -0.2) is 14.9 Å². The number of benzene rings is 1. The molecule has 2 rings (SSSR count). The maximum absolute atomic E-state index is 10.7. The number of hydrogen-bond acceptors (Lipinski definition) is 5. The van der Waals surface area contributed by atoms with E-state index in [1.54, 1.807) is 20.3 Å². The van der Waals surface area contributed by atoms with E-state index in [-0.39, 0.29) is 51.6 Å². The zero-order valence-electron chi connectivity index (χ0n) is 16.7. The molecule has 0 spiro atoms. The Hall–Kier alpha value is -1.40. The molecule has 0 bridgehead atoms. The summed E-state index contributed by atoms with van der Waals surface area (Å²) < 4.78 is 0. The van der Waals surface area contributed by atoms with Crippen LogP contribution in [0.25, 0.3) is 0 Å². The summed E-state index contributed by atoms with van der Waals surface area (Å²) in [6.07, 6.45) is 3.46. The molecule has 1 aromatic carbocycles. The molecule has 2 N–H and O–H groups in total. The zero-order valence-corrected chi connectivity index (χ0v) is 19.5. The van der Waals surface area contributed by atoms with Gasteiger partial charge in [0.25, 0.3) is 0 Å². The van der Waals surface area contributed by atoms with Crippen LogP contribution in [0.15, 0.2) is 30.3 Å². The van der Waals surface area contributed by atoms with Crippen LogP contribution < -0.4 is 5.73 Å². The molecule has 0 atom stereocenters. The predicted molar refractivity (Wildman–Crippen MR) is 111 cm³/mol. The molecule has 0 aliphatic carbocycles. The number of rotatable bonds is 3. The Morgan fingerprint density at radius 1 is 1.19 bits per heavy atom. The summed E-state index contributed by atoms with van der Waals surface area (Å²) >= 11 is 0. The number of nitrogens with two attached hydrogens (primary N) is 1. The standard InChI is InChI=1S/C8H11N4O2.C6H5.C3H8.C2H6.CH4.Y/c1-3-4-6-7(12(13)14)8(9)11-5(2)10-6;1-2-4-6-5-3-1;1-3-2;1-2;;/h3H,4H2,1-2H3,(H2,9,10,11);1-5H;3H2,1-2H3;1-2H3;1H4;/q2*-1;;;;. The minimum absolute atomic E-state index is 0. The summed E-state index contributed by atoms with van der Waals surface area (Å²) in [5.41, 5.74) is 5.62. The zero-order chi connectivity index (χ0) is 19.7. The summed E-state index contributed by atoms with van der Waals surface area (Å²) in [6, 6.07) is 12.5. The fourth-order valence-corrected chi connectivity index (χ4v) is 1.52. The first kappa shape index (κ1) is 33.2. The van der Waals surface area contributed by atoms with Crippen LogP contribution in [0.2, 0.25) is 0 Å². The first-order chi connectivity index (χ1) is 12.0. The number of nitro groups is 1. The molecule has 0 aliphatic heterocycles. The van der Waals surface area contributed by atoms with Gasteiger partial charge in [-0.2, -0.15) is 43.3 Å². The van der Waals surface area contributed by atoms with Crippen LogP contribution in [0.3, 0.4) is 0 Å². The number of nitrogen functional groups attached to an aromatic ring is 1. The van der Waals surface area contributed by atoms with Crippen molar-refractivity contribution in [3.05, 3.63) is 64.5 Å². The summed E-state index contributed by atoms with van der Waals surface area (Å²) in [7, 11) is 0. The van der Waals surface area contributed by atoms with Crippen molar-refractivity contribution in [3.8, 4) is 0 Å². The molecule has 2 aromatic rings. The van der Waals surface area contributed by atoms with Gasteiger partial charge in [-0.25, -0.2) is 9.97 Å². The molecular weight excluding hydrogens is 417 g/mol. The van der Waals surface area contributed by atoms with E-state index in [1.807, 2.05) is 44.2 Å². The molecule has 6 nitrogen and oxygen atoms in total. The van der Waals surface area contributed by atoms with Crippen molar-refractivity contribution in [2.45, 2.75) is 61.8 Å². The summed E-state index contributed by atoms with van der Waals surface area (Å²) in [5, 5.41) is 10.7. The topological polar surface area (TPSA) is 94.9 Å². The van der Waals surface area contributed by atoms with Gasteiger partial charge in [0, 0.05) is 32.7 Å². The molecule has 151 valence electrons. The molecule has 7 heteroatoms. The second-order valence-electron chi connectivity index (χ2n) is 4.61. The molecule has 1 heterocycles. The second-order valence-corrected chi connectivity index (χ2v) is 4.61. The van der Waals surface area contributed by atoms with Crippen LogP contribution in [0.1, 0.15) is 60.0 Å². The van der Waals surface area contributed by atoms with Gasteiger partial charge in [-0.05, 0) is 6.92 Å². The largest absolute Gasteiger partial charge is 0.378 e. The molecule has 0 unspecified atom stereocenters. The van der Waals surface area contributed by atoms with Gasteiger partial charge in [0.05, 0.1) is 10.6 Å². The van der Waals surface area contributed by atoms with Gasteiger partial charge >= 0.3 is 5.69 Å². The molecular formula is C20H34N4O2Y-2. The van der Waals surface area contributed by atoms with Crippen LogP contribution >= 0.6 is 0 Å². The van der Waals surface area contributed by atoms with Gasteiger partial charge in [0.2, 0.25) is 5.82 Å². The Bertz CT molecular complexity index is 555. The van der Waals surface area contributed by atoms with Gasteiger partial charge < -0.3 is 12.2 Å². The third kappa shape index (κ3) is 16.5. The SMILES string of the molecule is C.CC.CCC.C[CH-]Cc1nc(C)nc(N)c1[N+](=O)[O-].[Y].[c-]1ccccc1. The smallest absolute Gasteiger partial charge is 0.329 e. The molecule has 1 aromatic heterocycles. The molecule has 0 saturated carbocycles. The third-order valence-corrected chi connectivity index (χ3v) is 2.28. The summed E-state index contributed by atoms with van der Waals surface area (Å²) in [5.74, 6) is 0.379. The number of aromatic nitrogens is 2. The van der Waals surface area contributed by atoms with E-state index in [1.165, 1.54) is 6.42 Å². The Balaban J connectivity index is -0.000000171. The van der Waals surface area contributed by atoms with Crippen molar-refractivity contribution < 1.29 is 37.6 Å². The average Bonchev–Trinajstić information content (AvgIpc) is 2.59. The molecule has 1 radical (unpaired) electrons. The van der Waals surface area contributed by atoms with Gasteiger partial charge in [0.15, 0.2) is 0 Å². The fraction of sp³-hybridized carbons (Fsp3) is 0.450. The monoisotopic (exact) mass is 451 g/mol. The normalized spacial score (nSPS) is 7.93. The van der Waals surface area contributed by atoms with Gasteiger partial charge in [-0.3, -0.25) is 10.1 Å². The fourth-order valence-electron chi connectivity index (χ4n) is 1.52. The average molecular weight is 451 g/mol. The quantitative estimate of drug-likeness (QED) is 0.372. The van der Waals surface area contributed by atoms with E-state index in [0.29, 0.717) is 17.9 Å². The van der Waals surface area contributed by atoms with Crippen LogP contribution in [0, 0.1) is 29.5 Å².